The molecule has 0 aromatic carbocycles. The second-order valence-electron chi connectivity index (χ2n) is 5.95. The van der Waals surface area contributed by atoms with Crippen molar-refractivity contribution in [2.45, 2.75) is 72.9 Å². The molecule has 4 heteroatoms. The van der Waals surface area contributed by atoms with Crippen molar-refractivity contribution in [3.8, 4) is 0 Å². The Morgan fingerprint density at radius 2 is 2.00 bits per heavy atom. The maximum Gasteiger partial charge on any atom is 0.138 e. The highest BCUT2D eigenvalue weighted by Crippen LogP contribution is 2.27. The van der Waals surface area contributed by atoms with Gasteiger partial charge in [0.05, 0.1) is 0 Å². The second kappa shape index (κ2) is 7.63. The van der Waals surface area contributed by atoms with E-state index in [1.54, 1.807) is 6.33 Å². The van der Waals surface area contributed by atoms with Crippen LogP contribution in [0.25, 0.3) is 0 Å². The minimum atomic E-state index is 0.276. The van der Waals surface area contributed by atoms with Crippen LogP contribution in [0.15, 0.2) is 6.33 Å². The molecule has 1 unspecified atom stereocenters. The third-order valence-corrected chi connectivity index (χ3v) is 4.01. The Kier molecular flexibility index (Phi) is 6.49. The zero-order valence-electron chi connectivity index (χ0n) is 13.2. The molecule has 0 aliphatic heterocycles. The van der Waals surface area contributed by atoms with Gasteiger partial charge in [0, 0.05) is 19.0 Å². The van der Waals surface area contributed by atoms with E-state index < -0.39 is 0 Å². The van der Waals surface area contributed by atoms with Crippen LogP contribution in [0.5, 0.6) is 0 Å². The number of aryl methyl sites for hydroxylation is 1. The van der Waals surface area contributed by atoms with Crippen LogP contribution in [-0.4, -0.2) is 27.4 Å². The van der Waals surface area contributed by atoms with Crippen molar-refractivity contribution in [3.05, 3.63) is 12.2 Å². The number of nitrogens with one attached hydrogen (secondary N) is 1. The lowest BCUT2D eigenvalue weighted by atomic mass is 9.80. The van der Waals surface area contributed by atoms with Gasteiger partial charge in [-0.1, -0.05) is 34.6 Å². The average Bonchev–Trinajstić information content (AvgIpc) is 2.82. The van der Waals surface area contributed by atoms with E-state index in [4.69, 9.17) is 0 Å². The van der Waals surface area contributed by atoms with Crippen molar-refractivity contribution in [1.82, 2.24) is 20.1 Å². The number of hydrogen-bond donors (Lipinski definition) is 1. The molecule has 0 saturated carbocycles. The number of rotatable bonds is 9. The smallest absolute Gasteiger partial charge is 0.138 e. The van der Waals surface area contributed by atoms with Crippen LogP contribution in [0.3, 0.4) is 0 Å². The molecule has 0 saturated heterocycles. The zero-order valence-corrected chi connectivity index (χ0v) is 13.2. The van der Waals surface area contributed by atoms with E-state index in [1.807, 2.05) is 4.68 Å². The lowest BCUT2D eigenvalue weighted by molar-refractivity contribution is 0.225. The molecule has 1 rings (SSSR count). The van der Waals surface area contributed by atoms with Crippen LogP contribution in [-0.2, 0) is 13.0 Å². The Labute approximate surface area is 118 Å². The fourth-order valence-corrected chi connectivity index (χ4v) is 2.22. The maximum absolute atomic E-state index is 4.44. The SMILES string of the molecule is CCCNC(Cc1ncnn1CCC)C(C)(C)CC. The number of aromatic nitrogens is 3. The van der Waals surface area contributed by atoms with Gasteiger partial charge in [0.25, 0.3) is 0 Å². The lowest BCUT2D eigenvalue weighted by Gasteiger charge is -2.34. The van der Waals surface area contributed by atoms with E-state index >= 15 is 0 Å². The van der Waals surface area contributed by atoms with E-state index in [9.17, 15) is 0 Å². The van der Waals surface area contributed by atoms with E-state index in [0.717, 1.165) is 44.6 Å². The molecule has 1 heterocycles. The highest BCUT2D eigenvalue weighted by Gasteiger charge is 2.28. The van der Waals surface area contributed by atoms with Crippen LogP contribution in [0.1, 0.15) is 59.7 Å². The van der Waals surface area contributed by atoms with E-state index in [0.29, 0.717) is 6.04 Å². The van der Waals surface area contributed by atoms with Crippen molar-refractivity contribution in [3.63, 3.8) is 0 Å². The minimum absolute atomic E-state index is 0.276. The van der Waals surface area contributed by atoms with Gasteiger partial charge in [0.1, 0.15) is 12.2 Å². The van der Waals surface area contributed by atoms with Crippen LogP contribution in [0, 0.1) is 5.41 Å². The van der Waals surface area contributed by atoms with Crippen molar-refractivity contribution >= 4 is 0 Å². The van der Waals surface area contributed by atoms with Crippen molar-refractivity contribution in [1.29, 1.82) is 0 Å². The van der Waals surface area contributed by atoms with Crippen LogP contribution in [0.4, 0.5) is 0 Å². The number of nitrogens with zero attached hydrogens (tertiary/aromatic N) is 3. The molecule has 1 atom stereocenters. The Bertz CT molecular complexity index is 357. The molecule has 0 aliphatic rings. The topological polar surface area (TPSA) is 42.7 Å². The van der Waals surface area contributed by atoms with E-state index in [-0.39, 0.29) is 5.41 Å². The number of hydrogen-bond acceptors (Lipinski definition) is 3. The molecular weight excluding hydrogens is 236 g/mol. The van der Waals surface area contributed by atoms with Gasteiger partial charge in [-0.05, 0) is 31.2 Å². The van der Waals surface area contributed by atoms with E-state index in [1.165, 1.54) is 0 Å². The standard InChI is InChI=1S/C15H30N4/c1-6-9-16-13(15(4,5)8-3)11-14-17-12-18-19(14)10-7-2/h12-13,16H,6-11H2,1-5H3. The van der Waals surface area contributed by atoms with Gasteiger partial charge in [0.2, 0.25) is 0 Å². The molecule has 0 amide bonds. The molecule has 19 heavy (non-hydrogen) atoms. The molecule has 0 radical (unpaired) electrons. The summed E-state index contributed by atoms with van der Waals surface area (Å²) in [5, 5.41) is 8.01. The summed E-state index contributed by atoms with van der Waals surface area (Å²) in [5.74, 6) is 1.11. The minimum Gasteiger partial charge on any atom is -0.313 e. The van der Waals surface area contributed by atoms with Gasteiger partial charge >= 0.3 is 0 Å². The van der Waals surface area contributed by atoms with E-state index in [2.05, 4.69) is 50.0 Å². The first-order valence-corrected chi connectivity index (χ1v) is 7.65. The summed E-state index contributed by atoms with van der Waals surface area (Å²) >= 11 is 0. The van der Waals surface area contributed by atoms with Crippen molar-refractivity contribution in [2.24, 2.45) is 5.41 Å². The molecule has 4 nitrogen and oxygen atoms in total. The highest BCUT2D eigenvalue weighted by molar-refractivity contribution is 4.95. The van der Waals surface area contributed by atoms with Gasteiger partial charge in [-0.3, -0.25) is 4.68 Å². The molecule has 110 valence electrons. The fraction of sp³-hybridized carbons (Fsp3) is 0.867. The predicted octanol–water partition coefficient (Wildman–Crippen LogP) is 3.04. The summed E-state index contributed by atoms with van der Waals surface area (Å²) in [7, 11) is 0. The third kappa shape index (κ3) is 4.60. The summed E-state index contributed by atoms with van der Waals surface area (Å²) in [6.07, 6.45) is 6.07. The first-order valence-electron chi connectivity index (χ1n) is 7.65. The Hall–Kier alpha value is -0.900. The van der Waals surface area contributed by atoms with Gasteiger partial charge in [-0.2, -0.15) is 5.10 Å². The summed E-state index contributed by atoms with van der Waals surface area (Å²) in [6, 6.07) is 0.456. The molecule has 0 aliphatic carbocycles. The second-order valence-corrected chi connectivity index (χ2v) is 5.95. The molecule has 0 fully saturated rings. The van der Waals surface area contributed by atoms with Gasteiger partial charge in [-0.15, -0.1) is 0 Å². The van der Waals surface area contributed by atoms with Crippen LogP contribution in [0.2, 0.25) is 0 Å². The highest BCUT2D eigenvalue weighted by atomic mass is 15.3. The maximum atomic E-state index is 4.44. The molecule has 0 bridgehead atoms. The van der Waals surface area contributed by atoms with Gasteiger partial charge in [0.15, 0.2) is 0 Å². The predicted molar refractivity (Wildman–Crippen MR) is 80.2 cm³/mol. The van der Waals surface area contributed by atoms with Gasteiger partial charge < -0.3 is 5.32 Å². The quantitative estimate of drug-likeness (QED) is 0.747. The third-order valence-electron chi connectivity index (χ3n) is 4.01. The van der Waals surface area contributed by atoms with Crippen molar-refractivity contribution < 1.29 is 0 Å². The molecular formula is C15H30N4. The fourth-order valence-electron chi connectivity index (χ4n) is 2.22. The average molecular weight is 266 g/mol. The summed E-state index contributed by atoms with van der Waals surface area (Å²) in [4.78, 5) is 4.44. The first kappa shape index (κ1) is 16.2. The molecule has 1 aromatic rings. The van der Waals surface area contributed by atoms with Gasteiger partial charge in [-0.25, -0.2) is 4.98 Å². The van der Waals surface area contributed by atoms with Crippen LogP contribution < -0.4 is 5.32 Å². The monoisotopic (exact) mass is 266 g/mol. The summed E-state index contributed by atoms with van der Waals surface area (Å²) in [5.41, 5.74) is 0.276. The molecule has 1 aromatic heterocycles. The normalized spacial score (nSPS) is 13.7. The molecule has 0 spiro atoms. The first-order chi connectivity index (χ1) is 9.05. The summed E-state index contributed by atoms with van der Waals surface area (Å²) < 4.78 is 2.05. The Balaban J connectivity index is 2.78. The Morgan fingerprint density at radius 3 is 2.58 bits per heavy atom. The zero-order chi connectivity index (χ0) is 14.3. The lowest BCUT2D eigenvalue weighted by Crippen LogP contribution is -2.44. The Morgan fingerprint density at radius 1 is 1.26 bits per heavy atom. The largest absolute Gasteiger partial charge is 0.313 e. The van der Waals surface area contributed by atoms with Crippen molar-refractivity contribution in [2.75, 3.05) is 6.54 Å². The molecule has 1 N–H and O–H groups in total. The summed E-state index contributed by atoms with van der Waals surface area (Å²) in [6.45, 7) is 13.3. The van der Waals surface area contributed by atoms with Crippen LogP contribution >= 0.6 is 0 Å².